The molecule has 9 N–H and O–H groups in total. The van der Waals surface area contributed by atoms with E-state index in [1.807, 2.05) is 6.92 Å². The molecule has 0 fully saturated rings. The zero-order chi connectivity index (χ0) is 18.4. The summed E-state index contributed by atoms with van der Waals surface area (Å²) in [6.45, 7) is 6.29. The predicted octanol–water partition coefficient (Wildman–Crippen LogP) is -3.02. The second kappa shape index (κ2) is 14.9. The quantitative estimate of drug-likeness (QED) is 0.144. The molecule has 0 aromatic rings. The lowest BCUT2D eigenvalue weighted by Gasteiger charge is -2.29. The third kappa shape index (κ3) is 12.1. The summed E-state index contributed by atoms with van der Waals surface area (Å²) in [4.78, 5) is 0. The van der Waals surface area contributed by atoms with Crippen molar-refractivity contribution < 1.29 is 24.8 Å². The minimum absolute atomic E-state index is 0.0541. The lowest BCUT2D eigenvalue weighted by molar-refractivity contribution is -0.0638. The van der Waals surface area contributed by atoms with Gasteiger partial charge in [0.1, 0.15) is 0 Å². The van der Waals surface area contributed by atoms with Crippen LogP contribution >= 0.6 is 0 Å². The summed E-state index contributed by atoms with van der Waals surface area (Å²) in [5.41, 5.74) is 10.9. The van der Waals surface area contributed by atoms with E-state index in [2.05, 4.69) is 10.6 Å². The number of hydrogen-bond acceptors (Lipinski definition) is 9. The minimum atomic E-state index is -0.893. The van der Waals surface area contributed by atoms with Crippen LogP contribution in [0.2, 0.25) is 0 Å². The summed E-state index contributed by atoms with van der Waals surface area (Å²) in [5, 5.41) is 35.7. The molecule has 0 bridgehead atoms. The predicted molar refractivity (Wildman–Crippen MR) is 92.7 cm³/mol. The Bertz CT molecular complexity index is 287. The van der Waals surface area contributed by atoms with E-state index in [1.54, 1.807) is 6.92 Å². The molecule has 0 rings (SSSR count). The highest BCUT2D eigenvalue weighted by molar-refractivity contribution is 4.84. The van der Waals surface area contributed by atoms with Gasteiger partial charge in [0.25, 0.3) is 0 Å². The number of rotatable bonds is 16. The maximum absolute atomic E-state index is 10.3. The van der Waals surface area contributed by atoms with E-state index >= 15 is 0 Å². The Hall–Kier alpha value is -0.360. The molecule has 0 spiro atoms. The minimum Gasteiger partial charge on any atom is -0.391 e. The van der Waals surface area contributed by atoms with Crippen molar-refractivity contribution in [2.75, 3.05) is 52.5 Å². The molecular weight excluding hydrogens is 316 g/mol. The van der Waals surface area contributed by atoms with Gasteiger partial charge in [-0.25, -0.2) is 0 Å². The van der Waals surface area contributed by atoms with Gasteiger partial charge in [-0.05, 0) is 13.8 Å². The molecule has 0 heterocycles. The smallest absolute Gasteiger partial charge is 0.0951 e. The first kappa shape index (κ1) is 23.6. The van der Waals surface area contributed by atoms with Gasteiger partial charge in [-0.2, -0.15) is 0 Å². The first-order valence-electron chi connectivity index (χ1n) is 8.50. The topological polar surface area (TPSA) is 155 Å². The van der Waals surface area contributed by atoms with Gasteiger partial charge in [0.05, 0.1) is 50.3 Å². The van der Waals surface area contributed by atoms with Crippen molar-refractivity contribution >= 4 is 0 Å². The average Bonchev–Trinajstić information content (AvgIpc) is 2.53. The van der Waals surface area contributed by atoms with E-state index in [-0.39, 0.29) is 25.9 Å². The van der Waals surface area contributed by atoms with E-state index in [0.29, 0.717) is 32.7 Å². The molecule has 0 saturated heterocycles. The number of nitrogens with one attached hydrogen (secondary N) is 2. The van der Waals surface area contributed by atoms with Crippen molar-refractivity contribution in [3.63, 3.8) is 0 Å². The Balaban J connectivity index is 4.20. The van der Waals surface area contributed by atoms with Crippen LogP contribution in [0.15, 0.2) is 0 Å². The number of hydrogen-bond donors (Lipinski definition) is 7. The lowest BCUT2D eigenvalue weighted by Crippen LogP contribution is -2.54. The van der Waals surface area contributed by atoms with Gasteiger partial charge in [0.2, 0.25) is 0 Å². The fourth-order valence-corrected chi connectivity index (χ4v) is 2.07. The van der Waals surface area contributed by atoms with Crippen molar-refractivity contribution in [1.82, 2.24) is 10.6 Å². The fraction of sp³-hybridized carbons (Fsp3) is 1.00. The molecule has 0 aromatic carbocycles. The van der Waals surface area contributed by atoms with Crippen molar-refractivity contribution in [2.24, 2.45) is 11.5 Å². The van der Waals surface area contributed by atoms with Crippen LogP contribution in [0.5, 0.6) is 0 Å². The molecular formula is C15H36N4O5. The van der Waals surface area contributed by atoms with Gasteiger partial charge < -0.3 is 46.9 Å². The second-order valence-corrected chi connectivity index (χ2v) is 5.93. The fourth-order valence-electron chi connectivity index (χ4n) is 2.07. The number of aliphatic hydroxyl groups excluding tert-OH is 3. The first-order valence-corrected chi connectivity index (χ1v) is 8.50. The summed E-state index contributed by atoms with van der Waals surface area (Å²) in [5.74, 6) is 0. The molecule has 24 heavy (non-hydrogen) atoms. The molecule has 0 aliphatic carbocycles. The molecule has 0 saturated carbocycles. The van der Waals surface area contributed by atoms with Crippen LogP contribution in [0.3, 0.4) is 0 Å². The molecule has 0 radical (unpaired) electrons. The molecule has 5 unspecified atom stereocenters. The highest BCUT2D eigenvalue weighted by Crippen LogP contribution is 2.03. The van der Waals surface area contributed by atoms with Crippen LogP contribution < -0.4 is 22.1 Å². The van der Waals surface area contributed by atoms with Crippen molar-refractivity contribution in [3.05, 3.63) is 0 Å². The molecule has 146 valence electrons. The zero-order valence-corrected chi connectivity index (χ0v) is 14.9. The van der Waals surface area contributed by atoms with E-state index in [4.69, 9.17) is 26.0 Å². The SMILES string of the molecule is CC(O)COC(C)COCC(O)C(NCCN)C(O)CNCCN. The van der Waals surface area contributed by atoms with Crippen LogP contribution in [0, 0.1) is 0 Å². The highest BCUT2D eigenvalue weighted by Gasteiger charge is 2.26. The molecule has 9 nitrogen and oxygen atoms in total. The summed E-state index contributed by atoms with van der Waals surface area (Å²) < 4.78 is 10.8. The van der Waals surface area contributed by atoms with Crippen LogP contribution in [0.1, 0.15) is 13.8 Å². The second-order valence-electron chi connectivity index (χ2n) is 5.93. The normalized spacial score (nSPS) is 18.1. The van der Waals surface area contributed by atoms with Crippen LogP contribution in [0.4, 0.5) is 0 Å². The Morgan fingerprint density at radius 3 is 2.17 bits per heavy atom. The molecule has 0 amide bonds. The van der Waals surface area contributed by atoms with Crippen LogP contribution in [-0.2, 0) is 9.47 Å². The van der Waals surface area contributed by atoms with Crippen LogP contribution in [-0.4, -0.2) is 98.3 Å². The molecule has 9 heteroatoms. The maximum atomic E-state index is 10.3. The van der Waals surface area contributed by atoms with E-state index in [1.165, 1.54) is 0 Å². The lowest BCUT2D eigenvalue weighted by atomic mass is 10.0. The van der Waals surface area contributed by atoms with Gasteiger partial charge >= 0.3 is 0 Å². The molecule has 0 aliphatic heterocycles. The Morgan fingerprint density at radius 1 is 0.917 bits per heavy atom. The third-order valence-electron chi connectivity index (χ3n) is 3.29. The monoisotopic (exact) mass is 352 g/mol. The molecule has 0 aromatic heterocycles. The molecule has 5 atom stereocenters. The first-order chi connectivity index (χ1) is 11.4. The summed E-state index contributed by atoms with van der Waals surface area (Å²) in [6, 6.07) is -0.562. The van der Waals surface area contributed by atoms with Gasteiger partial charge in [-0.1, -0.05) is 0 Å². The summed E-state index contributed by atoms with van der Waals surface area (Å²) >= 11 is 0. The number of nitrogens with two attached hydrogens (primary N) is 2. The Kier molecular flexibility index (Phi) is 14.7. The van der Waals surface area contributed by atoms with Gasteiger partial charge in [0.15, 0.2) is 0 Å². The van der Waals surface area contributed by atoms with Crippen molar-refractivity contribution in [2.45, 2.75) is 44.3 Å². The van der Waals surface area contributed by atoms with E-state index < -0.39 is 24.4 Å². The average molecular weight is 352 g/mol. The maximum Gasteiger partial charge on any atom is 0.0951 e. The van der Waals surface area contributed by atoms with Gasteiger partial charge in [0, 0.05) is 32.7 Å². The summed E-state index contributed by atoms with van der Waals surface area (Å²) in [6.07, 6.45) is -2.42. The zero-order valence-electron chi connectivity index (χ0n) is 14.9. The van der Waals surface area contributed by atoms with Gasteiger partial charge in [-0.15, -0.1) is 0 Å². The summed E-state index contributed by atoms with van der Waals surface area (Å²) in [7, 11) is 0. The van der Waals surface area contributed by atoms with Crippen LogP contribution in [0.25, 0.3) is 0 Å². The van der Waals surface area contributed by atoms with Crippen molar-refractivity contribution in [3.8, 4) is 0 Å². The van der Waals surface area contributed by atoms with E-state index in [9.17, 15) is 10.2 Å². The highest BCUT2D eigenvalue weighted by atomic mass is 16.5. The number of ether oxygens (including phenoxy) is 2. The Morgan fingerprint density at radius 2 is 1.58 bits per heavy atom. The largest absolute Gasteiger partial charge is 0.391 e. The standard InChI is InChI=1S/C15H36N4O5/c1-11(20)8-24-12(2)9-23-10-14(22)15(19-6-4-17)13(21)7-18-5-3-16/h11-15,18-22H,3-10,16-17H2,1-2H3. The third-order valence-corrected chi connectivity index (χ3v) is 3.29. The Labute approximate surface area is 144 Å². The van der Waals surface area contributed by atoms with Crippen molar-refractivity contribution in [1.29, 1.82) is 0 Å². The molecule has 0 aliphatic rings. The van der Waals surface area contributed by atoms with Gasteiger partial charge in [-0.3, -0.25) is 0 Å². The van der Waals surface area contributed by atoms with E-state index in [0.717, 1.165) is 0 Å². The number of aliphatic hydroxyl groups is 3.